The topological polar surface area (TPSA) is 103 Å². The maximum Gasteiger partial charge on any atom is 0.272 e. The predicted octanol–water partition coefficient (Wildman–Crippen LogP) is 2.99. The Bertz CT molecular complexity index is 1370. The molecule has 0 atom stereocenters. The van der Waals surface area contributed by atoms with Gasteiger partial charge in [0.2, 0.25) is 20.9 Å². The first-order chi connectivity index (χ1) is 14.8. The summed E-state index contributed by atoms with van der Waals surface area (Å²) >= 11 is 0. The summed E-state index contributed by atoms with van der Waals surface area (Å²) in [5.74, 6) is -0.332. The smallest absolute Gasteiger partial charge is 0.272 e. The summed E-state index contributed by atoms with van der Waals surface area (Å²) in [6.45, 7) is 0.145. The van der Waals surface area contributed by atoms with E-state index in [-0.39, 0.29) is 23.3 Å². The summed E-state index contributed by atoms with van der Waals surface area (Å²) in [6, 6.07) is 14.0. The highest BCUT2D eigenvalue weighted by Gasteiger charge is 2.22. The van der Waals surface area contributed by atoms with E-state index in [9.17, 15) is 17.6 Å². The lowest BCUT2D eigenvalue weighted by atomic mass is 10.2. The molecule has 0 aliphatic carbocycles. The number of halogens is 1. The van der Waals surface area contributed by atoms with Gasteiger partial charge in [0.1, 0.15) is 11.6 Å². The fraction of sp³-hybridized carbons (Fsp3) is 0.0952. The van der Waals surface area contributed by atoms with Gasteiger partial charge in [-0.05, 0) is 29.8 Å². The molecule has 0 spiro atoms. The zero-order valence-electron chi connectivity index (χ0n) is 16.3. The SMILES string of the molecule is CS(=O)(=O)c1nc(C(=O)NCc2ccc(Oc3cccc(F)c3)nc2)c2ccccn12. The van der Waals surface area contributed by atoms with E-state index in [4.69, 9.17) is 4.74 Å². The predicted molar refractivity (Wildman–Crippen MR) is 110 cm³/mol. The summed E-state index contributed by atoms with van der Waals surface area (Å²) in [5.41, 5.74) is 1.09. The number of ether oxygens (including phenoxy) is 1. The van der Waals surface area contributed by atoms with Crippen LogP contribution in [-0.4, -0.2) is 34.9 Å². The summed E-state index contributed by atoms with van der Waals surface area (Å²) in [7, 11) is -3.62. The minimum absolute atomic E-state index is 0.0139. The van der Waals surface area contributed by atoms with Crippen molar-refractivity contribution in [3.63, 3.8) is 0 Å². The molecule has 10 heteroatoms. The monoisotopic (exact) mass is 440 g/mol. The highest BCUT2D eigenvalue weighted by molar-refractivity contribution is 7.90. The Morgan fingerprint density at radius 1 is 1.16 bits per heavy atom. The molecular weight excluding hydrogens is 423 g/mol. The molecule has 3 heterocycles. The first-order valence-electron chi connectivity index (χ1n) is 9.15. The largest absolute Gasteiger partial charge is 0.439 e. The molecule has 0 bridgehead atoms. The van der Waals surface area contributed by atoms with Crippen LogP contribution in [0.15, 0.2) is 72.1 Å². The van der Waals surface area contributed by atoms with E-state index in [1.165, 1.54) is 35.0 Å². The quantitative estimate of drug-likeness (QED) is 0.495. The highest BCUT2D eigenvalue weighted by Crippen LogP contribution is 2.20. The van der Waals surface area contributed by atoms with Crippen LogP contribution in [0.3, 0.4) is 0 Å². The van der Waals surface area contributed by atoms with E-state index in [0.717, 1.165) is 6.26 Å². The minimum Gasteiger partial charge on any atom is -0.439 e. The molecule has 31 heavy (non-hydrogen) atoms. The number of nitrogens with one attached hydrogen (secondary N) is 1. The fourth-order valence-corrected chi connectivity index (χ4v) is 3.71. The fourth-order valence-electron chi connectivity index (χ4n) is 2.93. The first kappa shape index (κ1) is 20.5. The zero-order chi connectivity index (χ0) is 22.0. The molecule has 0 aliphatic heterocycles. The lowest BCUT2D eigenvalue weighted by Gasteiger charge is -2.07. The number of fused-ring (bicyclic) bond motifs is 1. The number of carbonyl (C=O) groups excluding carboxylic acids is 1. The number of imidazole rings is 1. The molecule has 0 radical (unpaired) electrons. The molecule has 3 aromatic heterocycles. The van der Waals surface area contributed by atoms with Crippen molar-refractivity contribution >= 4 is 21.3 Å². The second-order valence-electron chi connectivity index (χ2n) is 6.72. The second-order valence-corrected chi connectivity index (χ2v) is 8.63. The van der Waals surface area contributed by atoms with Gasteiger partial charge in [-0.25, -0.2) is 22.8 Å². The van der Waals surface area contributed by atoms with Crippen molar-refractivity contribution in [2.75, 3.05) is 6.26 Å². The van der Waals surface area contributed by atoms with E-state index >= 15 is 0 Å². The van der Waals surface area contributed by atoms with Crippen LogP contribution in [-0.2, 0) is 16.4 Å². The van der Waals surface area contributed by atoms with Gasteiger partial charge in [-0.1, -0.05) is 18.2 Å². The number of benzene rings is 1. The third-order valence-corrected chi connectivity index (χ3v) is 5.28. The Hall–Kier alpha value is -3.79. The molecule has 0 aliphatic rings. The Labute approximate surface area is 177 Å². The summed E-state index contributed by atoms with van der Waals surface area (Å²) in [5, 5.41) is 2.51. The van der Waals surface area contributed by atoms with E-state index in [2.05, 4.69) is 15.3 Å². The Balaban J connectivity index is 1.47. The maximum absolute atomic E-state index is 13.2. The van der Waals surface area contributed by atoms with Crippen molar-refractivity contribution in [3.8, 4) is 11.6 Å². The Kier molecular flexibility index (Phi) is 5.38. The molecule has 4 rings (SSSR count). The molecule has 1 aromatic carbocycles. The number of sulfone groups is 1. The number of rotatable bonds is 6. The van der Waals surface area contributed by atoms with Crippen LogP contribution < -0.4 is 10.1 Å². The maximum atomic E-state index is 13.2. The average molecular weight is 440 g/mol. The molecule has 0 saturated carbocycles. The molecule has 8 nitrogen and oxygen atoms in total. The van der Waals surface area contributed by atoms with Crippen molar-refractivity contribution < 1.29 is 22.3 Å². The van der Waals surface area contributed by atoms with Crippen molar-refractivity contribution in [1.29, 1.82) is 0 Å². The third-order valence-electron chi connectivity index (χ3n) is 4.33. The van der Waals surface area contributed by atoms with Gasteiger partial charge in [-0.3, -0.25) is 9.20 Å². The number of nitrogens with zero attached hydrogens (tertiary/aromatic N) is 3. The van der Waals surface area contributed by atoms with Gasteiger partial charge in [-0.15, -0.1) is 0 Å². The van der Waals surface area contributed by atoms with Gasteiger partial charge < -0.3 is 10.1 Å². The molecule has 1 amide bonds. The summed E-state index contributed by atoms with van der Waals surface area (Å²) in [4.78, 5) is 20.8. The lowest BCUT2D eigenvalue weighted by Crippen LogP contribution is -2.23. The minimum atomic E-state index is -3.62. The van der Waals surface area contributed by atoms with Crippen molar-refractivity contribution in [1.82, 2.24) is 19.7 Å². The number of pyridine rings is 2. The van der Waals surface area contributed by atoms with Gasteiger partial charge in [-0.2, -0.15) is 0 Å². The van der Waals surface area contributed by atoms with Crippen LogP contribution >= 0.6 is 0 Å². The number of hydrogen-bond acceptors (Lipinski definition) is 6. The number of hydrogen-bond donors (Lipinski definition) is 1. The average Bonchev–Trinajstić information content (AvgIpc) is 3.13. The van der Waals surface area contributed by atoms with Crippen LogP contribution in [0.1, 0.15) is 16.1 Å². The summed E-state index contributed by atoms with van der Waals surface area (Å²) < 4.78 is 44.1. The van der Waals surface area contributed by atoms with E-state index < -0.39 is 21.6 Å². The Morgan fingerprint density at radius 3 is 2.71 bits per heavy atom. The Morgan fingerprint density at radius 2 is 2.00 bits per heavy atom. The van der Waals surface area contributed by atoms with Gasteiger partial charge in [0, 0.05) is 37.3 Å². The van der Waals surface area contributed by atoms with Gasteiger partial charge in [0.05, 0.1) is 5.52 Å². The normalized spacial score (nSPS) is 11.4. The van der Waals surface area contributed by atoms with E-state index in [0.29, 0.717) is 16.8 Å². The molecule has 1 N–H and O–H groups in total. The standard InChI is InChI=1S/C21H17FN4O4S/c1-31(28,29)21-25-19(17-7-2-3-10-26(17)21)20(27)24-13-14-8-9-18(23-12-14)30-16-6-4-5-15(22)11-16/h2-12H,13H2,1H3,(H,24,27). The lowest BCUT2D eigenvalue weighted by molar-refractivity contribution is 0.0947. The zero-order valence-corrected chi connectivity index (χ0v) is 17.1. The number of carbonyl (C=O) groups is 1. The molecular formula is C21H17FN4O4S. The molecule has 0 fully saturated rings. The van der Waals surface area contributed by atoms with Gasteiger partial charge in [0.15, 0.2) is 5.69 Å². The van der Waals surface area contributed by atoms with Crippen LogP contribution in [0.2, 0.25) is 0 Å². The van der Waals surface area contributed by atoms with Crippen LogP contribution in [0.5, 0.6) is 11.6 Å². The van der Waals surface area contributed by atoms with Gasteiger partial charge >= 0.3 is 0 Å². The van der Waals surface area contributed by atoms with Crippen molar-refractivity contribution in [2.45, 2.75) is 11.7 Å². The number of amides is 1. The van der Waals surface area contributed by atoms with E-state index in [1.807, 2.05) is 0 Å². The summed E-state index contributed by atoms with van der Waals surface area (Å²) in [6.07, 6.45) is 4.09. The first-order valence-corrected chi connectivity index (χ1v) is 11.0. The van der Waals surface area contributed by atoms with E-state index in [1.54, 1.807) is 36.4 Å². The molecule has 158 valence electrons. The van der Waals surface area contributed by atoms with Crippen molar-refractivity contribution in [3.05, 3.63) is 84.1 Å². The number of aromatic nitrogens is 3. The molecule has 0 saturated heterocycles. The van der Waals surface area contributed by atoms with Gasteiger partial charge in [0.25, 0.3) is 5.91 Å². The van der Waals surface area contributed by atoms with Crippen molar-refractivity contribution in [2.24, 2.45) is 0 Å². The molecule has 0 unspecified atom stereocenters. The third kappa shape index (κ3) is 4.53. The second kappa shape index (κ2) is 8.15. The highest BCUT2D eigenvalue weighted by atomic mass is 32.2. The van der Waals surface area contributed by atoms with Crippen LogP contribution in [0.4, 0.5) is 4.39 Å². The van der Waals surface area contributed by atoms with Crippen LogP contribution in [0.25, 0.3) is 5.52 Å². The van der Waals surface area contributed by atoms with Crippen LogP contribution in [0, 0.1) is 5.82 Å². The molecule has 4 aromatic rings.